The number of hydrogen-bond acceptors (Lipinski definition) is 4. The fraction of sp³-hybridized carbons (Fsp3) is 0.640. The average molecular weight is 443 g/mol. The van der Waals surface area contributed by atoms with Crippen LogP contribution < -0.4 is 10.6 Å². The van der Waals surface area contributed by atoms with Gasteiger partial charge in [-0.25, -0.2) is 0 Å². The lowest BCUT2D eigenvalue weighted by Crippen LogP contribution is -2.50. The second-order valence-corrected chi connectivity index (χ2v) is 9.56. The molecular formula is C25H38N4O3. The molecule has 3 rings (SSSR count). The molecule has 32 heavy (non-hydrogen) atoms. The standard InChI is InChI=1S/C25H38N4O3/c1-19(2)17-26-25(32)21-10-6-7-11-22(21)27-23(30)18-28-12-14-29(15-13-28)24(31)16-20-8-4-3-5-9-20/h6-7,10-11,19-20H,3-5,8-9,12-18H2,1-2H3,(H,26,32)(H,27,30). The van der Waals surface area contributed by atoms with Crippen molar-refractivity contribution in [3.05, 3.63) is 29.8 Å². The largest absolute Gasteiger partial charge is 0.352 e. The molecule has 7 heteroatoms. The fourth-order valence-electron chi connectivity index (χ4n) is 4.50. The molecule has 176 valence electrons. The lowest BCUT2D eigenvalue weighted by molar-refractivity contribution is -0.134. The Hall–Kier alpha value is -2.41. The van der Waals surface area contributed by atoms with Gasteiger partial charge in [0.05, 0.1) is 17.8 Å². The second kappa shape index (κ2) is 12.0. The molecular weight excluding hydrogens is 404 g/mol. The zero-order valence-corrected chi connectivity index (χ0v) is 19.6. The first kappa shape index (κ1) is 24.2. The summed E-state index contributed by atoms with van der Waals surface area (Å²) in [6.07, 6.45) is 6.85. The molecule has 0 atom stereocenters. The Morgan fingerprint density at radius 1 is 1.00 bits per heavy atom. The summed E-state index contributed by atoms with van der Waals surface area (Å²) in [5, 5.41) is 5.79. The van der Waals surface area contributed by atoms with Crippen molar-refractivity contribution in [3.8, 4) is 0 Å². The molecule has 0 radical (unpaired) electrons. The van der Waals surface area contributed by atoms with Crippen LogP contribution >= 0.6 is 0 Å². The van der Waals surface area contributed by atoms with Crippen molar-refractivity contribution >= 4 is 23.4 Å². The molecule has 2 aliphatic rings. The van der Waals surface area contributed by atoms with Gasteiger partial charge in [-0.3, -0.25) is 19.3 Å². The molecule has 3 amide bonds. The minimum absolute atomic E-state index is 0.143. The van der Waals surface area contributed by atoms with Crippen LogP contribution in [-0.4, -0.2) is 66.8 Å². The number of benzene rings is 1. The van der Waals surface area contributed by atoms with Crippen LogP contribution in [0.15, 0.2) is 24.3 Å². The summed E-state index contributed by atoms with van der Waals surface area (Å²) in [5.41, 5.74) is 1.000. The van der Waals surface area contributed by atoms with E-state index < -0.39 is 0 Å². The molecule has 1 aliphatic heterocycles. The molecule has 7 nitrogen and oxygen atoms in total. The Morgan fingerprint density at radius 2 is 1.69 bits per heavy atom. The minimum Gasteiger partial charge on any atom is -0.352 e. The van der Waals surface area contributed by atoms with Crippen LogP contribution in [0, 0.1) is 11.8 Å². The van der Waals surface area contributed by atoms with E-state index in [0.29, 0.717) is 62.2 Å². The number of anilines is 1. The topological polar surface area (TPSA) is 81.8 Å². The lowest BCUT2D eigenvalue weighted by Gasteiger charge is -2.35. The van der Waals surface area contributed by atoms with E-state index >= 15 is 0 Å². The highest BCUT2D eigenvalue weighted by atomic mass is 16.2. The smallest absolute Gasteiger partial charge is 0.253 e. The van der Waals surface area contributed by atoms with Crippen molar-refractivity contribution < 1.29 is 14.4 Å². The van der Waals surface area contributed by atoms with Crippen LogP contribution in [0.2, 0.25) is 0 Å². The maximum atomic E-state index is 12.6. The number of hydrogen-bond donors (Lipinski definition) is 2. The summed E-state index contributed by atoms with van der Waals surface area (Å²) < 4.78 is 0. The van der Waals surface area contributed by atoms with E-state index in [2.05, 4.69) is 15.5 Å². The van der Waals surface area contributed by atoms with Crippen LogP contribution in [0.1, 0.15) is 62.7 Å². The highest BCUT2D eigenvalue weighted by Crippen LogP contribution is 2.27. The molecule has 1 aromatic carbocycles. The molecule has 1 saturated carbocycles. The molecule has 0 unspecified atom stereocenters. The van der Waals surface area contributed by atoms with E-state index in [9.17, 15) is 14.4 Å². The molecule has 1 aromatic rings. The zero-order valence-electron chi connectivity index (χ0n) is 19.6. The Labute approximate surface area is 191 Å². The van der Waals surface area contributed by atoms with Crippen LogP contribution in [-0.2, 0) is 9.59 Å². The fourth-order valence-corrected chi connectivity index (χ4v) is 4.50. The van der Waals surface area contributed by atoms with E-state index in [0.717, 1.165) is 0 Å². The molecule has 0 aromatic heterocycles. The third-order valence-corrected chi connectivity index (χ3v) is 6.40. The van der Waals surface area contributed by atoms with E-state index in [-0.39, 0.29) is 24.3 Å². The number of rotatable bonds is 8. The number of amides is 3. The van der Waals surface area contributed by atoms with Crippen LogP contribution in [0.5, 0.6) is 0 Å². The lowest BCUT2D eigenvalue weighted by atomic mass is 9.86. The second-order valence-electron chi connectivity index (χ2n) is 9.56. The summed E-state index contributed by atoms with van der Waals surface area (Å²) in [5.74, 6) is 0.852. The van der Waals surface area contributed by atoms with Crippen molar-refractivity contribution in [1.82, 2.24) is 15.1 Å². The Morgan fingerprint density at radius 3 is 2.38 bits per heavy atom. The van der Waals surface area contributed by atoms with E-state index in [1.807, 2.05) is 24.8 Å². The Balaban J connectivity index is 1.44. The summed E-state index contributed by atoms with van der Waals surface area (Å²) in [6, 6.07) is 7.08. The van der Waals surface area contributed by atoms with Gasteiger partial charge in [0.15, 0.2) is 0 Å². The molecule has 1 heterocycles. The third-order valence-electron chi connectivity index (χ3n) is 6.40. The van der Waals surface area contributed by atoms with Crippen molar-refractivity contribution in [3.63, 3.8) is 0 Å². The number of nitrogens with zero attached hydrogens (tertiary/aromatic N) is 2. The van der Waals surface area contributed by atoms with Gasteiger partial charge < -0.3 is 15.5 Å². The van der Waals surface area contributed by atoms with Crippen molar-refractivity contribution in [2.75, 3.05) is 44.6 Å². The highest BCUT2D eigenvalue weighted by Gasteiger charge is 2.25. The molecule has 1 saturated heterocycles. The monoisotopic (exact) mass is 442 g/mol. The van der Waals surface area contributed by atoms with Gasteiger partial charge >= 0.3 is 0 Å². The maximum absolute atomic E-state index is 12.6. The van der Waals surface area contributed by atoms with Crippen molar-refractivity contribution in [1.29, 1.82) is 0 Å². The summed E-state index contributed by atoms with van der Waals surface area (Å²) in [4.78, 5) is 41.8. The number of nitrogens with one attached hydrogen (secondary N) is 2. The van der Waals surface area contributed by atoms with Gasteiger partial charge in [0.1, 0.15) is 0 Å². The summed E-state index contributed by atoms with van der Waals surface area (Å²) >= 11 is 0. The third kappa shape index (κ3) is 7.33. The molecule has 0 spiro atoms. The molecule has 0 bridgehead atoms. The molecule has 1 aliphatic carbocycles. The van der Waals surface area contributed by atoms with Gasteiger partial charge in [-0.05, 0) is 36.8 Å². The van der Waals surface area contributed by atoms with Gasteiger partial charge in [-0.15, -0.1) is 0 Å². The normalized spacial score (nSPS) is 17.9. The predicted octanol–water partition coefficient (Wildman–Crippen LogP) is 3.13. The molecule has 2 N–H and O–H groups in total. The first-order chi connectivity index (χ1) is 15.4. The minimum atomic E-state index is -0.181. The number of piperazine rings is 1. The predicted molar refractivity (Wildman–Crippen MR) is 126 cm³/mol. The Bertz CT molecular complexity index is 781. The zero-order chi connectivity index (χ0) is 22.9. The van der Waals surface area contributed by atoms with Gasteiger partial charge in [-0.2, -0.15) is 0 Å². The van der Waals surface area contributed by atoms with Crippen molar-refractivity contribution in [2.45, 2.75) is 52.4 Å². The van der Waals surface area contributed by atoms with Gasteiger partial charge in [-0.1, -0.05) is 45.2 Å². The first-order valence-electron chi connectivity index (χ1n) is 12.1. The van der Waals surface area contributed by atoms with Crippen LogP contribution in [0.3, 0.4) is 0 Å². The number of carbonyl (C=O) groups excluding carboxylic acids is 3. The maximum Gasteiger partial charge on any atom is 0.253 e. The summed E-state index contributed by atoms with van der Waals surface area (Å²) in [6.45, 7) is 7.66. The van der Waals surface area contributed by atoms with E-state index in [4.69, 9.17) is 0 Å². The van der Waals surface area contributed by atoms with Gasteiger partial charge in [0.25, 0.3) is 5.91 Å². The SMILES string of the molecule is CC(C)CNC(=O)c1ccccc1NC(=O)CN1CCN(C(=O)CC2CCCCC2)CC1. The quantitative estimate of drug-likeness (QED) is 0.648. The highest BCUT2D eigenvalue weighted by molar-refractivity contribution is 6.04. The summed E-state index contributed by atoms with van der Waals surface area (Å²) in [7, 11) is 0. The molecule has 2 fully saturated rings. The number of para-hydroxylation sites is 1. The average Bonchev–Trinajstić information content (AvgIpc) is 2.79. The Kier molecular flexibility index (Phi) is 9.09. The first-order valence-corrected chi connectivity index (χ1v) is 12.1. The van der Waals surface area contributed by atoms with E-state index in [1.165, 1.54) is 32.1 Å². The van der Waals surface area contributed by atoms with Crippen molar-refractivity contribution in [2.24, 2.45) is 11.8 Å². The van der Waals surface area contributed by atoms with Crippen LogP contribution in [0.25, 0.3) is 0 Å². The van der Waals surface area contributed by atoms with E-state index in [1.54, 1.807) is 18.2 Å². The van der Waals surface area contributed by atoms with Gasteiger partial charge in [0.2, 0.25) is 11.8 Å². The van der Waals surface area contributed by atoms with Crippen LogP contribution in [0.4, 0.5) is 5.69 Å². The van der Waals surface area contributed by atoms with Gasteiger partial charge in [0, 0.05) is 39.1 Å². The number of carbonyl (C=O) groups is 3.